The highest BCUT2D eigenvalue weighted by Crippen LogP contribution is 2.17. The Kier molecular flexibility index (Phi) is 10.7. The molecule has 0 saturated carbocycles. The first-order valence-electron chi connectivity index (χ1n) is 8.21. The summed E-state index contributed by atoms with van der Waals surface area (Å²) < 4.78 is 15.1. The zero-order valence-corrected chi connectivity index (χ0v) is 16.2. The lowest BCUT2D eigenvalue weighted by Crippen LogP contribution is -2.28. The Hall–Kier alpha value is -2.56. The van der Waals surface area contributed by atoms with Gasteiger partial charge in [-0.05, 0) is 32.9 Å². The summed E-state index contributed by atoms with van der Waals surface area (Å²) >= 11 is 0. The highest BCUT2D eigenvalue weighted by atomic mass is 16.5. The minimum atomic E-state index is -0.440. The van der Waals surface area contributed by atoms with Gasteiger partial charge >= 0.3 is 11.9 Å². The number of carbonyl (C=O) groups excluding carboxylic acids is 2. The number of rotatable bonds is 8. The number of benzene rings is 1. The van der Waals surface area contributed by atoms with Crippen molar-refractivity contribution in [3.63, 3.8) is 0 Å². The minimum Gasteiger partial charge on any atom is -0.494 e. The first kappa shape index (κ1) is 23.4. The smallest absolute Gasteiger partial charge is 0.333 e. The van der Waals surface area contributed by atoms with Gasteiger partial charge in [0, 0.05) is 16.6 Å². The van der Waals surface area contributed by atoms with E-state index >= 15 is 0 Å². The van der Waals surface area contributed by atoms with Crippen LogP contribution in [0.1, 0.15) is 27.7 Å². The van der Waals surface area contributed by atoms with Crippen LogP contribution in [0.4, 0.5) is 0 Å². The van der Waals surface area contributed by atoms with Gasteiger partial charge in [0.15, 0.2) is 0 Å². The molecule has 0 saturated heterocycles. The predicted octanol–water partition coefficient (Wildman–Crippen LogP) is 4.15. The van der Waals surface area contributed by atoms with E-state index in [9.17, 15) is 9.59 Å². The van der Waals surface area contributed by atoms with E-state index in [4.69, 9.17) is 14.2 Å². The zero-order valence-electron chi connectivity index (χ0n) is 16.2. The summed E-state index contributed by atoms with van der Waals surface area (Å²) in [6.45, 7) is 18.2. The van der Waals surface area contributed by atoms with E-state index < -0.39 is 17.4 Å². The summed E-state index contributed by atoms with van der Waals surface area (Å²) in [5.74, 6) is 0.00102. The molecule has 0 aliphatic heterocycles. The normalized spacial score (nSPS) is 10.0. The van der Waals surface area contributed by atoms with Crippen LogP contribution in [-0.2, 0) is 19.1 Å². The second-order valence-corrected chi connectivity index (χ2v) is 6.54. The zero-order chi connectivity index (χ0) is 20.2. The molecule has 5 heteroatoms. The van der Waals surface area contributed by atoms with Crippen molar-refractivity contribution in [2.45, 2.75) is 27.7 Å². The third-order valence-corrected chi connectivity index (χ3v) is 2.90. The van der Waals surface area contributed by atoms with Crippen LogP contribution in [0, 0.1) is 12.3 Å². The van der Waals surface area contributed by atoms with Crippen LogP contribution in [0.2, 0.25) is 0 Å². The van der Waals surface area contributed by atoms with Crippen LogP contribution >= 0.6 is 0 Å². The van der Waals surface area contributed by atoms with Crippen LogP contribution in [0.3, 0.4) is 0 Å². The SMILES string of the molecule is C=C(C)C(=O)OCC(C)(C)COC(=O)C(=C)C.[CH2]COc1ccccc1. The van der Waals surface area contributed by atoms with Gasteiger partial charge in [0.2, 0.25) is 0 Å². The van der Waals surface area contributed by atoms with E-state index in [0.29, 0.717) is 17.8 Å². The average Bonchev–Trinajstić information content (AvgIpc) is 2.59. The molecule has 0 unspecified atom stereocenters. The molecular formula is C21H29O5. The summed E-state index contributed by atoms with van der Waals surface area (Å²) in [4.78, 5) is 22.4. The van der Waals surface area contributed by atoms with Gasteiger partial charge in [0.1, 0.15) is 5.75 Å². The van der Waals surface area contributed by atoms with Crippen LogP contribution in [-0.4, -0.2) is 31.8 Å². The molecule has 143 valence electrons. The Morgan fingerprint density at radius 2 is 1.35 bits per heavy atom. The van der Waals surface area contributed by atoms with Gasteiger partial charge < -0.3 is 14.2 Å². The summed E-state index contributed by atoms with van der Waals surface area (Å²) in [6, 6.07) is 9.64. The van der Waals surface area contributed by atoms with E-state index in [0.717, 1.165) is 5.75 Å². The van der Waals surface area contributed by atoms with Crippen LogP contribution in [0.25, 0.3) is 0 Å². The fourth-order valence-corrected chi connectivity index (χ4v) is 1.44. The van der Waals surface area contributed by atoms with E-state index in [-0.39, 0.29) is 13.2 Å². The molecule has 0 bridgehead atoms. The molecule has 1 aromatic carbocycles. The molecule has 0 amide bonds. The van der Waals surface area contributed by atoms with Crippen molar-refractivity contribution in [3.05, 3.63) is 61.6 Å². The molecule has 5 nitrogen and oxygen atoms in total. The van der Waals surface area contributed by atoms with Crippen molar-refractivity contribution < 1.29 is 23.8 Å². The maximum atomic E-state index is 11.2. The molecule has 0 N–H and O–H groups in total. The van der Waals surface area contributed by atoms with Crippen molar-refractivity contribution in [1.82, 2.24) is 0 Å². The van der Waals surface area contributed by atoms with E-state index in [1.165, 1.54) is 0 Å². The predicted molar refractivity (Wildman–Crippen MR) is 103 cm³/mol. The van der Waals surface area contributed by atoms with Crippen molar-refractivity contribution in [2.75, 3.05) is 19.8 Å². The van der Waals surface area contributed by atoms with Gasteiger partial charge in [-0.3, -0.25) is 0 Å². The molecule has 0 fully saturated rings. The highest BCUT2D eigenvalue weighted by molar-refractivity contribution is 5.87. The van der Waals surface area contributed by atoms with E-state index in [2.05, 4.69) is 20.1 Å². The maximum Gasteiger partial charge on any atom is 0.333 e. The third kappa shape index (κ3) is 11.1. The number of carbonyl (C=O) groups is 2. The lowest BCUT2D eigenvalue weighted by Gasteiger charge is -2.23. The van der Waals surface area contributed by atoms with E-state index in [1.807, 2.05) is 44.2 Å². The number of hydrogen-bond donors (Lipinski definition) is 0. The Morgan fingerprint density at radius 1 is 0.923 bits per heavy atom. The number of ether oxygens (including phenoxy) is 3. The summed E-state index contributed by atoms with van der Waals surface area (Å²) in [6.07, 6.45) is 0. The topological polar surface area (TPSA) is 61.8 Å². The Balaban J connectivity index is 0.000000577. The molecule has 1 rings (SSSR count). The quantitative estimate of drug-likeness (QED) is 0.514. The lowest BCUT2D eigenvalue weighted by atomic mass is 9.96. The molecule has 1 aromatic rings. The van der Waals surface area contributed by atoms with Gasteiger partial charge in [-0.15, -0.1) is 0 Å². The van der Waals surface area contributed by atoms with Gasteiger partial charge in [0.25, 0.3) is 0 Å². The highest BCUT2D eigenvalue weighted by Gasteiger charge is 2.23. The van der Waals surface area contributed by atoms with E-state index in [1.54, 1.807) is 13.8 Å². The second kappa shape index (κ2) is 11.9. The first-order chi connectivity index (χ1) is 12.1. The number of para-hydroxylation sites is 1. The molecule has 0 aromatic heterocycles. The van der Waals surface area contributed by atoms with Gasteiger partial charge in [-0.2, -0.15) is 0 Å². The van der Waals surface area contributed by atoms with Crippen LogP contribution in [0.5, 0.6) is 5.75 Å². The summed E-state index contributed by atoms with van der Waals surface area (Å²) in [5.41, 5.74) is 0.260. The Labute approximate surface area is 156 Å². The van der Waals surface area contributed by atoms with Crippen molar-refractivity contribution in [2.24, 2.45) is 5.41 Å². The van der Waals surface area contributed by atoms with Gasteiger partial charge in [0.05, 0.1) is 19.8 Å². The molecule has 0 spiro atoms. The number of esters is 2. The van der Waals surface area contributed by atoms with Crippen LogP contribution < -0.4 is 4.74 Å². The van der Waals surface area contributed by atoms with Gasteiger partial charge in [-0.1, -0.05) is 45.2 Å². The van der Waals surface area contributed by atoms with Crippen LogP contribution in [0.15, 0.2) is 54.6 Å². The molecule has 0 heterocycles. The standard InChI is InChI=1S/C13H20O4.C8H9O/c1-9(2)11(14)16-7-13(5,6)8-17-12(15)10(3)4;1-2-9-8-6-4-3-5-7-8/h1,3,7-8H2,2,4-6H3;3-7H,1-2H2. The average molecular weight is 361 g/mol. The lowest BCUT2D eigenvalue weighted by molar-refractivity contribution is -0.147. The van der Waals surface area contributed by atoms with Crippen molar-refractivity contribution in [1.29, 1.82) is 0 Å². The fourth-order valence-electron chi connectivity index (χ4n) is 1.44. The van der Waals surface area contributed by atoms with Gasteiger partial charge in [-0.25, -0.2) is 9.59 Å². The molecular weight excluding hydrogens is 332 g/mol. The minimum absolute atomic E-state index is 0.169. The Bertz CT molecular complexity index is 570. The van der Waals surface area contributed by atoms with Crippen molar-refractivity contribution in [3.8, 4) is 5.75 Å². The molecule has 26 heavy (non-hydrogen) atoms. The third-order valence-electron chi connectivity index (χ3n) is 2.90. The monoisotopic (exact) mass is 361 g/mol. The molecule has 0 aliphatic carbocycles. The maximum absolute atomic E-state index is 11.2. The molecule has 1 radical (unpaired) electrons. The second-order valence-electron chi connectivity index (χ2n) is 6.54. The fraction of sp³-hybridized carbons (Fsp3) is 0.381. The number of hydrogen-bond acceptors (Lipinski definition) is 5. The largest absolute Gasteiger partial charge is 0.494 e. The van der Waals surface area contributed by atoms with Crippen molar-refractivity contribution >= 4 is 11.9 Å². The first-order valence-corrected chi connectivity index (χ1v) is 8.21. The Morgan fingerprint density at radius 3 is 1.69 bits per heavy atom. The molecule has 0 aliphatic rings. The summed E-state index contributed by atoms with van der Waals surface area (Å²) in [7, 11) is 0. The summed E-state index contributed by atoms with van der Waals surface area (Å²) in [5, 5.41) is 0. The molecule has 0 atom stereocenters.